The van der Waals surface area contributed by atoms with Gasteiger partial charge in [0, 0.05) is 12.3 Å². The van der Waals surface area contributed by atoms with E-state index in [0.29, 0.717) is 19.6 Å². The van der Waals surface area contributed by atoms with Crippen LogP contribution < -0.4 is 10.1 Å². The fraction of sp³-hybridized carbons (Fsp3) is 0.562. The summed E-state index contributed by atoms with van der Waals surface area (Å²) < 4.78 is 11.0. The van der Waals surface area contributed by atoms with Gasteiger partial charge in [0.1, 0.15) is 11.4 Å². The smallest absolute Gasteiger partial charge is 0.256 e. The number of amides is 1. The maximum atomic E-state index is 12.4. The van der Waals surface area contributed by atoms with Crippen molar-refractivity contribution in [2.45, 2.75) is 46.1 Å². The lowest BCUT2D eigenvalue weighted by molar-refractivity contribution is -0.139. The number of benzene rings is 1. The monoisotopic (exact) mass is 279 g/mol. The Hall–Kier alpha value is -1.55. The molecule has 0 saturated carbocycles. The molecule has 0 saturated heterocycles. The van der Waals surface area contributed by atoms with E-state index in [1.807, 2.05) is 52.0 Å². The first-order valence-corrected chi connectivity index (χ1v) is 7.24. The van der Waals surface area contributed by atoms with Crippen LogP contribution in [0.1, 0.15) is 40.5 Å². The lowest BCUT2D eigenvalue weighted by Gasteiger charge is -2.27. The predicted molar refractivity (Wildman–Crippen MR) is 81.2 cm³/mol. The van der Waals surface area contributed by atoms with Crippen LogP contribution >= 0.6 is 0 Å². The number of hydrogen-bond acceptors (Lipinski definition) is 3. The highest BCUT2D eigenvalue weighted by Crippen LogP contribution is 2.22. The molecule has 1 aromatic carbocycles. The lowest BCUT2D eigenvalue weighted by Crippen LogP contribution is -2.42. The Bertz CT molecular complexity index is 408. The van der Waals surface area contributed by atoms with E-state index in [2.05, 4.69) is 5.32 Å². The summed E-state index contributed by atoms with van der Waals surface area (Å²) in [4.78, 5) is 12.4. The van der Waals surface area contributed by atoms with Gasteiger partial charge in [0.2, 0.25) is 0 Å². The Morgan fingerprint density at radius 2 is 1.80 bits per heavy atom. The minimum atomic E-state index is -0.776. The molecule has 0 radical (unpaired) electrons. The second-order valence-electron chi connectivity index (χ2n) is 4.83. The van der Waals surface area contributed by atoms with Crippen LogP contribution in [0.2, 0.25) is 0 Å². The van der Waals surface area contributed by atoms with Gasteiger partial charge in [0.15, 0.2) is 0 Å². The molecule has 1 N–H and O–H groups in total. The van der Waals surface area contributed by atoms with Gasteiger partial charge in [-0.1, -0.05) is 13.3 Å². The Morgan fingerprint density at radius 1 is 1.15 bits per heavy atom. The van der Waals surface area contributed by atoms with Crippen LogP contribution in [-0.2, 0) is 9.53 Å². The van der Waals surface area contributed by atoms with Crippen LogP contribution in [0.15, 0.2) is 24.3 Å². The summed E-state index contributed by atoms with van der Waals surface area (Å²) in [6.07, 6.45) is 1.59. The number of anilines is 1. The molecule has 0 bridgehead atoms. The van der Waals surface area contributed by atoms with E-state index in [-0.39, 0.29) is 5.91 Å². The van der Waals surface area contributed by atoms with Crippen LogP contribution in [0.5, 0.6) is 5.75 Å². The average Bonchev–Trinajstić information content (AvgIpc) is 2.42. The number of rotatable bonds is 8. The predicted octanol–water partition coefficient (Wildman–Crippen LogP) is 3.62. The summed E-state index contributed by atoms with van der Waals surface area (Å²) in [5, 5.41) is 2.90. The number of carbonyl (C=O) groups excluding carboxylic acids is 1. The normalized spacial score (nSPS) is 13.6. The van der Waals surface area contributed by atoms with Crippen LogP contribution in [0.3, 0.4) is 0 Å². The molecule has 0 aliphatic heterocycles. The SMILES string of the molecule is CCCC(C)(OCC)C(=O)Nc1ccc(OCC)cc1. The molecule has 112 valence electrons. The van der Waals surface area contributed by atoms with Crippen molar-refractivity contribution < 1.29 is 14.3 Å². The van der Waals surface area contributed by atoms with E-state index in [4.69, 9.17) is 9.47 Å². The molecule has 0 fully saturated rings. The zero-order chi connectivity index (χ0) is 15.0. The van der Waals surface area contributed by atoms with E-state index >= 15 is 0 Å². The van der Waals surface area contributed by atoms with E-state index in [1.165, 1.54) is 0 Å². The first-order valence-electron chi connectivity index (χ1n) is 7.24. The molecule has 4 nitrogen and oxygen atoms in total. The minimum Gasteiger partial charge on any atom is -0.494 e. The maximum absolute atomic E-state index is 12.4. The van der Waals surface area contributed by atoms with Crippen molar-refractivity contribution in [1.82, 2.24) is 0 Å². The van der Waals surface area contributed by atoms with Crippen LogP contribution in [-0.4, -0.2) is 24.7 Å². The molecule has 4 heteroatoms. The topological polar surface area (TPSA) is 47.6 Å². The van der Waals surface area contributed by atoms with Gasteiger partial charge in [-0.15, -0.1) is 0 Å². The second-order valence-corrected chi connectivity index (χ2v) is 4.83. The summed E-state index contributed by atoms with van der Waals surface area (Å²) in [6, 6.07) is 7.36. The van der Waals surface area contributed by atoms with Gasteiger partial charge in [-0.3, -0.25) is 4.79 Å². The summed E-state index contributed by atoms with van der Waals surface area (Å²) in [6.45, 7) is 8.87. The number of hydrogen-bond donors (Lipinski definition) is 1. The first-order chi connectivity index (χ1) is 9.55. The van der Waals surface area contributed by atoms with Gasteiger partial charge in [-0.05, 0) is 51.5 Å². The molecule has 0 aliphatic carbocycles. The molecule has 1 amide bonds. The highest BCUT2D eigenvalue weighted by atomic mass is 16.5. The zero-order valence-corrected chi connectivity index (χ0v) is 12.9. The van der Waals surface area contributed by atoms with E-state index in [0.717, 1.165) is 17.9 Å². The Labute approximate surface area is 121 Å². The third-order valence-electron chi connectivity index (χ3n) is 3.09. The molecular formula is C16H25NO3. The van der Waals surface area contributed by atoms with Gasteiger partial charge in [0.05, 0.1) is 6.61 Å². The number of carbonyl (C=O) groups is 1. The van der Waals surface area contributed by atoms with Crippen LogP contribution in [0.25, 0.3) is 0 Å². The van der Waals surface area contributed by atoms with E-state index in [1.54, 1.807) is 0 Å². The van der Waals surface area contributed by atoms with Crippen molar-refractivity contribution in [3.05, 3.63) is 24.3 Å². The highest BCUT2D eigenvalue weighted by Gasteiger charge is 2.32. The Balaban J connectivity index is 2.72. The molecule has 0 aromatic heterocycles. The quantitative estimate of drug-likeness (QED) is 0.790. The molecule has 1 atom stereocenters. The molecule has 20 heavy (non-hydrogen) atoms. The van der Waals surface area contributed by atoms with Crippen molar-refractivity contribution in [2.75, 3.05) is 18.5 Å². The molecule has 1 rings (SSSR count). The number of nitrogens with one attached hydrogen (secondary N) is 1. The average molecular weight is 279 g/mol. The van der Waals surface area contributed by atoms with Crippen molar-refractivity contribution in [3.63, 3.8) is 0 Å². The summed E-state index contributed by atoms with van der Waals surface area (Å²) in [7, 11) is 0. The van der Waals surface area contributed by atoms with Crippen LogP contribution in [0.4, 0.5) is 5.69 Å². The second kappa shape index (κ2) is 7.90. The third kappa shape index (κ3) is 4.53. The first kappa shape index (κ1) is 16.5. The Kier molecular flexibility index (Phi) is 6.52. The maximum Gasteiger partial charge on any atom is 0.256 e. The molecule has 0 spiro atoms. The standard InChI is InChI=1S/C16H25NO3/c1-5-12-16(4,20-7-3)15(18)17-13-8-10-14(11-9-13)19-6-2/h8-11H,5-7,12H2,1-4H3,(H,17,18). The molecule has 1 unspecified atom stereocenters. The largest absolute Gasteiger partial charge is 0.494 e. The Morgan fingerprint density at radius 3 is 2.30 bits per heavy atom. The van der Waals surface area contributed by atoms with E-state index < -0.39 is 5.60 Å². The van der Waals surface area contributed by atoms with Crippen LogP contribution in [0, 0.1) is 0 Å². The molecular weight excluding hydrogens is 254 g/mol. The zero-order valence-electron chi connectivity index (χ0n) is 12.9. The van der Waals surface area contributed by atoms with Gasteiger partial charge < -0.3 is 14.8 Å². The molecule has 0 heterocycles. The van der Waals surface area contributed by atoms with Crippen molar-refractivity contribution >= 4 is 11.6 Å². The van der Waals surface area contributed by atoms with Crippen molar-refractivity contribution in [3.8, 4) is 5.75 Å². The van der Waals surface area contributed by atoms with E-state index in [9.17, 15) is 4.79 Å². The van der Waals surface area contributed by atoms with Gasteiger partial charge in [-0.2, -0.15) is 0 Å². The summed E-state index contributed by atoms with van der Waals surface area (Å²) >= 11 is 0. The van der Waals surface area contributed by atoms with Crippen molar-refractivity contribution in [1.29, 1.82) is 0 Å². The number of ether oxygens (including phenoxy) is 2. The summed E-state index contributed by atoms with van der Waals surface area (Å²) in [5.74, 6) is 0.692. The van der Waals surface area contributed by atoms with Gasteiger partial charge in [-0.25, -0.2) is 0 Å². The van der Waals surface area contributed by atoms with Gasteiger partial charge in [0.25, 0.3) is 5.91 Å². The third-order valence-corrected chi connectivity index (χ3v) is 3.09. The summed E-state index contributed by atoms with van der Waals surface area (Å²) in [5.41, 5.74) is -0.0253. The minimum absolute atomic E-state index is 0.106. The van der Waals surface area contributed by atoms with Gasteiger partial charge >= 0.3 is 0 Å². The fourth-order valence-corrected chi connectivity index (χ4v) is 2.11. The molecule has 1 aromatic rings. The lowest BCUT2D eigenvalue weighted by atomic mass is 9.99. The fourth-order valence-electron chi connectivity index (χ4n) is 2.11. The highest BCUT2D eigenvalue weighted by molar-refractivity contribution is 5.97. The molecule has 0 aliphatic rings. The van der Waals surface area contributed by atoms with Crippen molar-refractivity contribution in [2.24, 2.45) is 0 Å².